The van der Waals surface area contributed by atoms with Gasteiger partial charge in [0.2, 0.25) is 0 Å². The van der Waals surface area contributed by atoms with Gasteiger partial charge in [0, 0.05) is 5.57 Å². The summed E-state index contributed by atoms with van der Waals surface area (Å²) in [6, 6.07) is 24.0. The van der Waals surface area contributed by atoms with Gasteiger partial charge in [-0.2, -0.15) is 0 Å². The summed E-state index contributed by atoms with van der Waals surface area (Å²) in [5, 5.41) is 9.74. The number of Topliss-reactive ketones (excluding diaryl/α,β-unsaturated/α-hetero) is 1. The number of ketones is 1. The Labute approximate surface area is 145 Å². The molecule has 0 radical (unpaired) electrons. The van der Waals surface area contributed by atoms with Crippen molar-refractivity contribution in [2.45, 2.75) is 6.10 Å². The van der Waals surface area contributed by atoms with Crippen molar-refractivity contribution in [2.75, 3.05) is 0 Å². The second kappa shape index (κ2) is 6.29. The lowest BCUT2D eigenvalue weighted by Crippen LogP contribution is -2.23. The Morgan fingerprint density at radius 3 is 2.28 bits per heavy atom. The van der Waals surface area contributed by atoms with Crippen LogP contribution in [-0.2, 0) is 0 Å². The minimum absolute atomic E-state index is 0.0490. The third kappa shape index (κ3) is 2.92. The van der Waals surface area contributed by atoms with Crippen LogP contribution in [0.25, 0.3) is 6.08 Å². The van der Waals surface area contributed by atoms with Crippen molar-refractivity contribution >= 4 is 11.9 Å². The first-order valence-electron chi connectivity index (χ1n) is 8.08. The molecule has 25 heavy (non-hydrogen) atoms. The zero-order chi connectivity index (χ0) is 17.2. The zero-order valence-corrected chi connectivity index (χ0v) is 13.4. The third-order valence-electron chi connectivity index (χ3n) is 4.22. The molecule has 3 nitrogen and oxygen atoms in total. The average Bonchev–Trinajstić information content (AvgIpc) is 2.66. The molecule has 0 saturated heterocycles. The van der Waals surface area contributed by atoms with Crippen LogP contribution in [0.15, 0.2) is 84.4 Å². The van der Waals surface area contributed by atoms with E-state index in [1.54, 1.807) is 6.07 Å². The van der Waals surface area contributed by atoms with E-state index in [4.69, 9.17) is 4.74 Å². The molecule has 122 valence electrons. The van der Waals surface area contributed by atoms with Gasteiger partial charge in [0.15, 0.2) is 11.9 Å². The van der Waals surface area contributed by atoms with E-state index in [-0.39, 0.29) is 11.5 Å². The molecule has 3 aromatic carbocycles. The van der Waals surface area contributed by atoms with Gasteiger partial charge in [-0.05, 0) is 35.4 Å². The zero-order valence-electron chi connectivity index (χ0n) is 13.4. The second-order valence-electron chi connectivity index (χ2n) is 5.93. The van der Waals surface area contributed by atoms with Gasteiger partial charge in [0.25, 0.3) is 0 Å². The fourth-order valence-corrected chi connectivity index (χ4v) is 3.01. The predicted molar refractivity (Wildman–Crippen MR) is 96.7 cm³/mol. The molecule has 0 saturated carbocycles. The summed E-state index contributed by atoms with van der Waals surface area (Å²) in [5.74, 6) is 0.407. The van der Waals surface area contributed by atoms with Crippen LogP contribution >= 0.6 is 0 Å². The molecule has 3 aromatic rings. The van der Waals surface area contributed by atoms with E-state index < -0.39 is 6.10 Å². The maximum atomic E-state index is 13.1. The molecule has 3 heteroatoms. The number of phenols is 1. The van der Waals surface area contributed by atoms with Gasteiger partial charge in [-0.15, -0.1) is 0 Å². The van der Waals surface area contributed by atoms with Crippen LogP contribution in [0.2, 0.25) is 0 Å². The van der Waals surface area contributed by atoms with Crippen LogP contribution in [0.1, 0.15) is 27.6 Å². The highest BCUT2D eigenvalue weighted by atomic mass is 16.5. The van der Waals surface area contributed by atoms with Gasteiger partial charge in [-0.3, -0.25) is 4.79 Å². The first-order valence-corrected chi connectivity index (χ1v) is 8.08. The van der Waals surface area contributed by atoms with Crippen molar-refractivity contribution in [3.63, 3.8) is 0 Å². The Kier molecular flexibility index (Phi) is 3.82. The fraction of sp³-hybridized carbons (Fsp3) is 0.0455. The highest BCUT2D eigenvalue weighted by molar-refractivity contribution is 6.14. The largest absolute Gasteiger partial charge is 0.508 e. The van der Waals surface area contributed by atoms with Gasteiger partial charge in [-0.25, -0.2) is 0 Å². The van der Waals surface area contributed by atoms with Crippen LogP contribution in [0.5, 0.6) is 11.5 Å². The Balaban J connectivity index is 1.87. The fourth-order valence-electron chi connectivity index (χ4n) is 3.01. The molecular weight excluding hydrogens is 312 g/mol. The molecule has 0 spiro atoms. The average molecular weight is 328 g/mol. The third-order valence-corrected chi connectivity index (χ3v) is 4.22. The van der Waals surface area contributed by atoms with Gasteiger partial charge >= 0.3 is 0 Å². The quantitative estimate of drug-likeness (QED) is 0.688. The predicted octanol–water partition coefficient (Wildman–Crippen LogP) is 4.79. The van der Waals surface area contributed by atoms with Crippen molar-refractivity contribution in [1.29, 1.82) is 0 Å². The molecule has 1 aliphatic rings. The number of fused-ring (bicyclic) bond motifs is 1. The summed E-state index contributed by atoms with van der Waals surface area (Å²) in [5.41, 5.74) is 2.78. The number of hydrogen-bond donors (Lipinski definition) is 1. The van der Waals surface area contributed by atoms with E-state index in [2.05, 4.69) is 0 Å². The lowest BCUT2D eigenvalue weighted by Gasteiger charge is -2.28. The summed E-state index contributed by atoms with van der Waals surface area (Å²) >= 11 is 0. The number of aromatic hydroxyl groups is 1. The Bertz CT molecular complexity index is 944. The van der Waals surface area contributed by atoms with Gasteiger partial charge in [0.05, 0.1) is 5.56 Å². The first-order chi connectivity index (χ1) is 12.2. The van der Waals surface area contributed by atoms with Gasteiger partial charge < -0.3 is 9.84 Å². The number of phenolic OH excluding ortho intramolecular Hbond substituents is 1. The number of carbonyl (C=O) groups is 1. The highest BCUT2D eigenvalue weighted by Crippen LogP contribution is 2.40. The summed E-state index contributed by atoms with van der Waals surface area (Å²) < 4.78 is 6.13. The molecule has 1 N–H and O–H groups in total. The number of carbonyl (C=O) groups excluding carboxylic acids is 1. The SMILES string of the molecule is O=C1/C(=C\c2ccccc2)C(c2ccccc2)Oc2ccc(O)cc21. The first kappa shape index (κ1) is 15.2. The topological polar surface area (TPSA) is 46.5 Å². The van der Waals surface area contributed by atoms with Crippen LogP contribution in [0.3, 0.4) is 0 Å². The van der Waals surface area contributed by atoms with Crippen molar-refractivity contribution in [3.05, 3.63) is 101 Å². The Morgan fingerprint density at radius 2 is 1.56 bits per heavy atom. The Hall–Kier alpha value is -3.33. The van der Waals surface area contributed by atoms with Crippen LogP contribution < -0.4 is 4.74 Å². The van der Waals surface area contributed by atoms with E-state index in [1.165, 1.54) is 12.1 Å². The highest BCUT2D eigenvalue weighted by Gasteiger charge is 2.33. The standard InChI is InChI=1S/C22H16O3/c23-17-11-12-20-18(14-17)21(24)19(13-15-7-3-1-4-8-15)22(25-20)16-9-5-2-6-10-16/h1-14,22-23H/b19-13+. The van der Waals surface area contributed by atoms with Crippen LogP contribution in [0.4, 0.5) is 0 Å². The normalized spacial score (nSPS) is 17.8. The molecule has 1 aliphatic heterocycles. The van der Waals surface area contributed by atoms with Gasteiger partial charge in [0.1, 0.15) is 11.5 Å². The monoisotopic (exact) mass is 328 g/mol. The lowest BCUT2D eigenvalue weighted by molar-refractivity contribution is 0.0963. The molecule has 0 aromatic heterocycles. The lowest BCUT2D eigenvalue weighted by atomic mass is 9.89. The smallest absolute Gasteiger partial charge is 0.196 e. The molecule has 0 fully saturated rings. The second-order valence-corrected chi connectivity index (χ2v) is 5.93. The van der Waals surface area contributed by atoms with Gasteiger partial charge in [-0.1, -0.05) is 60.7 Å². The minimum atomic E-state index is -0.481. The molecule has 0 bridgehead atoms. The van der Waals surface area contributed by atoms with Crippen LogP contribution in [-0.4, -0.2) is 10.9 Å². The molecule has 1 unspecified atom stereocenters. The molecule has 1 atom stereocenters. The van der Waals surface area contributed by atoms with Crippen molar-refractivity contribution in [2.24, 2.45) is 0 Å². The summed E-state index contributed by atoms with van der Waals surface area (Å²) in [6.45, 7) is 0. The summed E-state index contributed by atoms with van der Waals surface area (Å²) in [4.78, 5) is 13.1. The van der Waals surface area contributed by atoms with Crippen molar-refractivity contribution in [3.8, 4) is 11.5 Å². The van der Waals surface area contributed by atoms with Crippen molar-refractivity contribution < 1.29 is 14.6 Å². The van der Waals surface area contributed by atoms with E-state index in [0.29, 0.717) is 16.9 Å². The molecular formula is C22H16O3. The van der Waals surface area contributed by atoms with E-state index in [9.17, 15) is 9.90 Å². The molecule has 1 heterocycles. The maximum absolute atomic E-state index is 13.1. The number of benzene rings is 3. The maximum Gasteiger partial charge on any atom is 0.196 e. The van der Waals surface area contributed by atoms with E-state index in [1.807, 2.05) is 66.7 Å². The number of hydrogen-bond acceptors (Lipinski definition) is 3. The number of rotatable bonds is 2. The van der Waals surface area contributed by atoms with Crippen LogP contribution in [0, 0.1) is 0 Å². The van der Waals surface area contributed by atoms with E-state index >= 15 is 0 Å². The molecule has 0 aliphatic carbocycles. The summed E-state index contributed by atoms with van der Waals surface area (Å²) in [6.07, 6.45) is 1.37. The number of ether oxygens (including phenoxy) is 1. The van der Waals surface area contributed by atoms with Crippen molar-refractivity contribution in [1.82, 2.24) is 0 Å². The van der Waals surface area contributed by atoms with E-state index in [0.717, 1.165) is 11.1 Å². The molecule has 4 rings (SSSR count). The molecule has 0 amide bonds. The Morgan fingerprint density at radius 1 is 0.880 bits per heavy atom. The minimum Gasteiger partial charge on any atom is -0.508 e. The summed E-state index contributed by atoms with van der Waals surface area (Å²) in [7, 11) is 0.